The lowest BCUT2D eigenvalue weighted by Gasteiger charge is -2.21. The van der Waals surface area contributed by atoms with E-state index in [-0.39, 0.29) is 18.9 Å². The number of hydrogen-bond acceptors (Lipinski definition) is 4. The lowest BCUT2D eigenvalue weighted by atomic mass is 10.0. The van der Waals surface area contributed by atoms with Gasteiger partial charge in [-0.05, 0) is 32.1 Å². The Morgan fingerprint density at radius 3 is 1.23 bits per heavy atom. The Balaban J connectivity index is 3.64. The summed E-state index contributed by atoms with van der Waals surface area (Å²) in [6.45, 7) is 4.21. The summed E-state index contributed by atoms with van der Waals surface area (Å²) in [5.41, 5.74) is 0. The van der Waals surface area contributed by atoms with Crippen LogP contribution in [0.2, 0.25) is 0 Å². The molecule has 5 heteroatoms. The second-order valence-corrected chi connectivity index (χ2v) is 16.0. The molecule has 308 valence electrons. The van der Waals surface area contributed by atoms with Gasteiger partial charge in [0.25, 0.3) is 0 Å². The zero-order valence-electron chi connectivity index (χ0n) is 35.0. The molecule has 52 heavy (non-hydrogen) atoms. The van der Waals surface area contributed by atoms with Crippen molar-refractivity contribution < 1.29 is 20.1 Å². The number of aliphatic hydroxyl groups excluding tert-OH is 3. The summed E-state index contributed by atoms with van der Waals surface area (Å²) in [6, 6.07) is -0.757. The molecule has 0 aliphatic carbocycles. The van der Waals surface area contributed by atoms with E-state index in [4.69, 9.17) is 0 Å². The van der Waals surface area contributed by atoms with E-state index in [1.54, 1.807) is 6.08 Å². The molecular weight excluding hydrogens is 643 g/mol. The average molecular weight is 734 g/mol. The summed E-state index contributed by atoms with van der Waals surface area (Å²) in [7, 11) is 0. The van der Waals surface area contributed by atoms with Gasteiger partial charge in [0.15, 0.2) is 0 Å². The van der Waals surface area contributed by atoms with Gasteiger partial charge in [-0.25, -0.2) is 0 Å². The van der Waals surface area contributed by atoms with Crippen LogP contribution in [0.1, 0.15) is 245 Å². The molecule has 0 rings (SSSR count). The molecule has 0 radical (unpaired) electrons. The normalized spacial score (nSPS) is 13.7. The van der Waals surface area contributed by atoms with Gasteiger partial charge in [-0.3, -0.25) is 4.79 Å². The molecule has 1 amide bonds. The fraction of sp³-hybridized carbons (Fsp3) is 0.894. The maximum Gasteiger partial charge on any atom is 0.222 e. The zero-order chi connectivity index (χ0) is 38.0. The summed E-state index contributed by atoms with van der Waals surface area (Å²) in [4.78, 5) is 12.4. The predicted molar refractivity (Wildman–Crippen MR) is 227 cm³/mol. The van der Waals surface area contributed by atoms with Gasteiger partial charge < -0.3 is 20.6 Å². The van der Waals surface area contributed by atoms with Crippen molar-refractivity contribution in [1.29, 1.82) is 0 Å². The molecule has 0 heterocycles. The van der Waals surface area contributed by atoms with Gasteiger partial charge in [0.2, 0.25) is 5.91 Å². The number of carbonyl (C=O) groups excluding carboxylic acids is 1. The Morgan fingerprint density at radius 2 is 0.827 bits per heavy atom. The fourth-order valence-electron chi connectivity index (χ4n) is 7.18. The van der Waals surface area contributed by atoms with E-state index in [2.05, 4.69) is 31.3 Å². The Bertz CT molecular complexity index is 768. The summed E-state index contributed by atoms with van der Waals surface area (Å²) >= 11 is 0. The molecular formula is C47H91NO4. The van der Waals surface area contributed by atoms with E-state index in [9.17, 15) is 20.1 Å². The molecule has 0 aliphatic rings. The van der Waals surface area contributed by atoms with Crippen LogP contribution in [-0.4, -0.2) is 46.1 Å². The monoisotopic (exact) mass is 734 g/mol. The van der Waals surface area contributed by atoms with Gasteiger partial charge in [-0.15, -0.1) is 0 Å². The van der Waals surface area contributed by atoms with Crippen LogP contribution in [-0.2, 0) is 4.79 Å². The van der Waals surface area contributed by atoms with Crippen LogP contribution in [0.4, 0.5) is 0 Å². The third kappa shape index (κ3) is 38.6. The first-order valence-electron chi connectivity index (χ1n) is 23.1. The zero-order valence-corrected chi connectivity index (χ0v) is 35.0. The van der Waals surface area contributed by atoms with Crippen LogP contribution in [0.25, 0.3) is 0 Å². The highest BCUT2D eigenvalue weighted by Crippen LogP contribution is 2.16. The van der Waals surface area contributed by atoms with Crippen molar-refractivity contribution >= 4 is 5.91 Å². The van der Waals surface area contributed by atoms with Crippen molar-refractivity contribution in [1.82, 2.24) is 5.32 Å². The highest BCUT2D eigenvalue weighted by Gasteiger charge is 2.20. The van der Waals surface area contributed by atoms with Crippen LogP contribution >= 0.6 is 0 Å². The first-order chi connectivity index (χ1) is 25.5. The van der Waals surface area contributed by atoms with Crippen LogP contribution in [0.5, 0.6) is 0 Å². The fourth-order valence-corrected chi connectivity index (χ4v) is 7.18. The van der Waals surface area contributed by atoms with Crippen LogP contribution in [0.3, 0.4) is 0 Å². The third-order valence-electron chi connectivity index (χ3n) is 10.7. The summed E-state index contributed by atoms with van der Waals surface area (Å²) < 4.78 is 0. The molecule has 0 saturated carbocycles. The second-order valence-electron chi connectivity index (χ2n) is 16.0. The lowest BCUT2D eigenvalue weighted by Crippen LogP contribution is -2.45. The van der Waals surface area contributed by atoms with Crippen LogP contribution in [0.15, 0.2) is 24.3 Å². The minimum atomic E-state index is -0.948. The number of aliphatic hydroxyl groups is 3. The molecule has 0 aliphatic heterocycles. The molecule has 5 nitrogen and oxygen atoms in total. The second kappa shape index (κ2) is 42.6. The number of rotatable bonds is 42. The van der Waals surface area contributed by atoms with Crippen molar-refractivity contribution in [3.63, 3.8) is 0 Å². The first-order valence-corrected chi connectivity index (χ1v) is 23.1. The lowest BCUT2D eigenvalue weighted by molar-refractivity contribution is -0.124. The molecule has 0 bridgehead atoms. The van der Waals surface area contributed by atoms with E-state index in [0.717, 1.165) is 32.1 Å². The van der Waals surface area contributed by atoms with Crippen molar-refractivity contribution in [2.45, 2.75) is 263 Å². The minimum absolute atomic E-state index is 0.00919. The van der Waals surface area contributed by atoms with Gasteiger partial charge in [0.05, 0.1) is 31.3 Å². The van der Waals surface area contributed by atoms with Gasteiger partial charge in [-0.1, -0.05) is 231 Å². The Hall–Kier alpha value is -1.17. The van der Waals surface area contributed by atoms with Gasteiger partial charge in [0, 0.05) is 0 Å². The first kappa shape index (κ1) is 50.8. The van der Waals surface area contributed by atoms with Gasteiger partial charge in [-0.2, -0.15) is 0 Å². The van der Waals surface area contributed by atoms with E-state index in [1.165, 1.54) is 186 Å². The standard InChI is InChI=1S/C47H91NO4/c1-3-5-7-9-11-13-15-17-18-19-20-21-22-23-24-25-26-27-28-29-31-33-35-37-39-41-46(51)45(43-49)48-47(52)42-44(50)40-38-36-34-32-30-16-14-12-10-8-6-4-2/h31,33,39,41,44-46,49-51H,3-30,32,34-38,40,42-43H2,1-2H3,(H,48,52)/b33-31+,41-39+. The molecule has 3 atom stereocenters. The van der Waals surface area contributed by atoms with Crippen LogP contribution < -0.4 is 5.32 Å². The highest BCUT2D eigenvalue weighted by atomic mass is 16.3. The number of amides is 1. The number of unbranched alkanes of at least 4 members (excludes halogenated alkanes) is 31. The SMILES string of the molecule is CCCCCCCCCCCCCCCCCCCCC/C=C/CC/C=C/C(O)C(CO)NC(=O)CC(O)CCCCCCCCCCCCCC. The molecule has 0 aromatic heterocycles. The predicted octanol–water partition coefficient (Wildman–Crippen LogP) is 13.4. The maximum atomic E-state index is 12.4. The Kier molecular flexibility index (Phi) is 41.6. The van der Waals surface area contributed by atoms with Crippen molar-refractivity contribution in [3.05, 3.63) is 24.3 Å². The third-order valence-corrected chi connectivity index (χ3v) is 10.7. The van der Waals surface area contributed by atoms with Gasteiger partial charge in [0.1, 0.15) is 0 Å². The van der Waals surface area contributed by atoms with Crippen molar-refractivity contribution in [3.8, 4) is 0 Å². The quantitative estimate of drug-likeness (QED) is 0.0371. The number of allylic oxidation sites excluding steroid dienone is 3. The average Bonchev–Trinajstić information content (AvgIpc) is 3.14. The molecule has 3 unspecified atom stereocenters. The van der Waals surface area contributed by atoms with Gasteiger partial charge >= 0.3 is 0 Å². The van der Waals surface area contributed by atoms with Crippen LogP contribution in [0, 0.1) is 0 Å². The van der Waals surface area contributed by atoms with E-state index >= 15 is 0 Å². The Morgan fingerprint density at radius 1 is 0.481 bits per heavy atom. The van der Waals surface area contributed by atoms with E-state index in [0.29, 0.717) is 6.42 Å². The van der Waals surface area contributed by atoms with E-state index < -0.39 is 18.2 Å². The van der Waals surface area contributed by atoms with E-state index in [1.807, 2.05) is 6.08 Å². The molecule has 0 spiro atoms. The number of carbonyl (C=O) groups is 1. The summed E-state index contributed by atoms with van der Waals surface area (Å²) in [5, 5.41) is 33.2. The molecule has 0 aromatic carbocycles. The summed E-state index contributed by atoms with van der Waals surface area (Å²) in [5.74, 6) is -0.323. The molecule has 0 aromatic rings. The number of nitrogens with one attached hydrogen (secondary N) is 1. The minimum Gasteiger partial charge on any atom is -0.394 e. The largest absolute Gasteiger partial charge is 0.394 e. The smallest absolute Gasteiger partial charge is 0.222 e. The molecule has 4 N–H and O–H groups in total. The Labute approximate surface area is 324 Å². The number of hydrogen-bond donors (Lipinski definition) is 4. The topological polar surface area (TPSA) is 89.8 Å². The maximum absolute atomic E-state index is 12.4. The molecule has 0 saturated heterocycles. The van der Waals surface area contributed by atoms with Crippen molar-refractivity contribution in [2.75, 3.05) is 6.61 Å². The highest BCUT2D eigenvalue weighted by molar-refractivity contribution is 5.76. The summed E-state index contributed by atoms with van der Waals surface area (Å²) in [6.07, 6.45) is 52.0. The molecule has 0 fully saturated rings. The van der Waals surface area contributed by atoms with Crippen molar-refractivity contribution in [2.24, 2.45) is 0 Å².